The topological polar surface area (TPSA) is 3.24 Å². The van der Waals surface area contributed by atoms with Crippen LogP contribution in [-0.2, 0) is 0 Å². The minimum atomic E-state index is 0.817. The maximum absolute atomic E-state index is 3.27. The summed E-state index contributed by atoms with van der Waals surface area (Å²) in [5.74, 6) is 0. The van der Waals surface area contributed by atoms with Crippen molar-refractivity contribution in [3.63, 3.8) is 0 Å². The molecule has 0 unspecified atom stereocenters. The number of likely N-dealkylation sites (N-methyl/N-ethyl adjacent to an activating group) is 1. The lowest BCUT2D eigenvalue weighted by molar-refractivity contribution is 0.205. The first kappa shape index (κ1) is 11.6. The van der Waals surface area contributed by atoms with Gasteiger partial charge in [-0.1, -0.05) is 19.3 Å². The molecule has 0 amide bonds. The fourth-order valence-electron chi connectivity index (χ4n) is 2.32. The molecule has 1 saturated carbocycles. The van der Waals surface area contributed by atoms with E-state index >= 15 is 0 Å². The highest BCUT2D eigenvalue weighted by atomic mass is 15.1. The van der Waals surface area contributed by atoms with Crippen LogP contribution in [0.25, 0.3) is 0 Å². The molecule has 0 atom stereocenters. The van der Waals surface area contributed by atoms with Crippen molar-refractivity contribution >= 4 is 0 Å². The smallest absolute Gasteiger partial charge is 0.0265 e. The first-order valence-electron chi connectivity index (χ1n) is 5.81. The van der Waals surface area contributed by atoms with Gasteiger partial charge in [0.15, 0.2) is 0 Å². The molecular formula is C13H23N. The number of rotatable bonds is 3. The molecule has 1 aliphatic rings. The molecule has 0 heterocycles. The van der Waals surface area contributed by atoms with Gasteiger partial charge in [0.2, 0.25) is 0 Å². The summed E-state index contributed by atoms with van der Waals surface area (Å²) in [6, 6.07) is 0.817. The summed E-state index contributed by atoms with van der Waals surface area (Å²) < 4.78 is 0. The van der Waals surface area contributed by atoms with E-state index in [1.807, 2.05) is 13.0 Å². The average molecular weight is 193 g/mol. The summed E-state index contributed by atoms with van der Waals surface area (Å²) in [4.78, 5) is 2.49. The molecule has 0 aliphatic heterocycles. The Bertz CT molecular complexity index is 217. The summed E-state index contributed by atoms with van der Waals surface area (Å²) in [6.07, 6.45) is 9.06. The van der Waals surface area contributed by atoms with E-state index in [4.69, 9.17) is 0 Å². The monoisotopic (exact) mass is 193 g/mol. The van der Waals surface area contributed by atoms with Crippen molar-refractivity contribution in [1.82, 2.24) is 4.90 Å². The SMILES string of the molecule is CC=C=C(C)CN(C)C1CCCCC1. The summed E-state index contributed by atoms with van der Waals surface area (Å²) in [7, 11) is 2.25. The van der Waals surface area contributed by atoms with Crippen LogP contribution < -0.4 is 0 Å². The van der Waals surface area contributed by atoms with Gasteiger partial charge in [-0.3, -0.25) is 4.90 Å². The quantitative estimate of drug-likeness (QED) is 0.621. The van der Waals surface area contributed by atoms with Crippen molar-refractivity contribution < 1.29 is 0 Å². The third-order valence-corrected chi connectivity index (χ3v) is 3.08. The van der Waals surface area contributed by atoms with Crippen LogP contribution >= 0.6 is 0 Å². The van der Waals surface area contributed by atoms with Gasteiger partial charge in [-0.25, -0.2) is 0 Å². The second kappa shape index (κ2) is 6.06. The molecule has 1 rings (SSSR count). The Labute approximate surface area is 88.5 Å². The van der Waals surface area contributed by atoms with Gasteiger partial charge in [0, 0.05) is 12.6 Å². The second-order valence-electron chi connectivity index (χ2n) is 4.42. The van der Waals surface area contributed by atoms with Crippen LogP contribution in [-0.4, -0.2) is 24.5 Å². The molecule has 1 fully saturated rings. The Morgan fingerprint density at radius 1 is 1.36 bits per heavy atom. The highest BCUT2D eigenvalue weighted by Crippen LogP contribution is 2.21. The molecule has 0 spiro atoms. The van der Waals surface area contributed by atoms with Crippen molar-refractivity contribution in [3.05, 3.63) is 17.4 Å². The molecule has 0 N–H and O–H groups in total. The van der Waals surface area contributed by atoms with Crippen LogP contribution in [0.15, 0.2) is 17.4 Å². The first-order valence-corrected chi connectivity index (χ1v) is 5.81. The van der Waals surface area contributed by atoms with Gasteiger partial charge in [-0.15, -0.1) is 5.73 Å². The molecule has 80 valence electrons. The van der Waals surface area contributed by atoms with Crippen molar-refractivity contribution in [2.45, 2.75) is 52.0 Å². The lowest BCUT2D eigenvalue weighted by atomic mass is 9.94. The molecule has 0 radical (unpaired) electrons. The first-order chi connectivity index (χ1) is 6.74. The van der Waals surface area contributed by atoms with Crippen LogP contribution in [0.4, 0.5) is 0 Å². The van der Waals surface area contributed by atoms with Gasteiger partial charge in [-0.05, 0) is 45.4 Å². The minimum absolute atomic E-state index is 0.817. The van der Waals surface area contributed by atoms with Crippen molar-refractivity contribution in [3.8, 4) is 0 Å². The fraction of sp³-hybridized carbons (Fsp3) is 0.769. The second-order valence-corrected chi connectivity index (χ2v) is 4.42. The van der Waals surface area contributed by atoms with Gasteiger partial charge < -0.3 is 0 Å². The van der Waals surface area contributed by atoms with Crippen molar-refractivity contribution in [2.24, 2.45) is 0 Å². The van der Waals surface area contributed by atoms with E-state index < -0.39 is 0 Å². The highest BCUT2D eigenvalue weighted by molar-refractivity contribution is 5.00. The maximum Gasteiger partial charge on any atom is 0.0265 e. The van der Waals surface area contributed by atoms with Crippen LogP contribution in [0, 0.1) is 0 Å². The maximum atomic E-state index is 3.27. The van der Waals surface area contributed by atoms with Crippen LogP contribution in [0.1, 0.15) is 46.0 Å². The summed E-state index contributed by atoms with van der Waals surface area (Å²) in [5.41, 5.74) is 4.61. The largest absolute Gasteiger partial charge is 0.299 e. The van der Waals surface area contributed by atoms with Gasteiger partial charge in [0.05, 0.1) is 0 Å². The predicted octanol–water partition coefficient (Wildman–Crippen LogP) is 3.37. The van der Waals surface area contributed by atoms with E-state index in [0.29, 0.717) is 0 Å². The zero-order chi connectivity index (χ0) is 10.4. The molecule has 0 saturated heterocycles. The van der Waals surface area contributed by atoms with Crippen LogP contribution in [0.2, 0.25) is 0 Å². The normalized spacial score (nSPS) is 18.0. The summed E-state index contributed by atoms with van der Waals surface area (Å²) in [5, 5.41) is 0. The predicted molar refractivity (Wildman–Crippen MR) is 62.4 cm³/mol. The number of nitrogens with zero attached hydrogens (tertiary/aromatic N) is 1. The zero-order valence-electron chi connectivity index (χ0n) is 9.84. The molecule has 14 heavy (non-hydrogen) atoms. The molecule has 1 aliphatic carbocycles. The van der Waals surface area contributed by atoms with Crippen LogP contribution in [0.5, 0.6) is 0 Å². The Kier molecular flexibility index (Phi) is 5.00. The Morgan fingerprint density at radius 3 is 2.57 bits per heavy atom. The summed E-state index contributed by atoms with van der Waals surface area (Å²) >= 11 is 0. The lowest BCUT2D eigenvalue weighted by Crippen LogP contribution is -2.34. The molecule has 0 aromatic heterocycles. The Hall–Kier alpha value is -0.520. The number of hydrogen-bond acceptors (Lipinski definition) is 1. The highest BCUT2D eigenvalue weighted by Gasteiger charge is 2.17. The molecule has 0 aromatic rings. The van der Waals surface area contributed by atoms with Crippen molar-refractivity contribution in [1.29, 1.82) is 0 Å². The third-order valence-electron chi connectivity index (χ3n) is 3.08. The van der Waals surface area contributed by atoms with Gasteiger partial charge >= 0.3 is 0 Å². The van der Waals surface area contributed by atoms with Crippen molar-refractivity contribution in [2.75, 3.05) is 13.6 Å². The number of hydrogen-bond donors (Lipinski definition) is 0. The van der Waals surface area contributed by atoms with E-state index in [1.165, 1.54) is 37.7 Å². The summed E-state index contributed by atoms with van der Waals surface area (Å²) in [6.45, 7) is 5.28. The van der Waals surface area contributed by atoms with Gasteiger partial charge in [-0.2, -0.15) is 0 Å². The molecule has 1 heteroatoms. The Morgan fingerprint density at radius 2 is 2.00 bits per heavy atom. The Balaban J connectivity index is 2.40. The van der Waals surface area contributed by atoms with E-state index in [0.717, 1.165) is 12.6 Å². The zero-order valence-corrected chi connectivity index (χ0v) is 9.84. The molecule has 0 bridgehead atoms. The van der Waals surface area contributed by atoms with E-state index in [9.17, 15) is 0 Å². The molecule has 0 aromatic carbocycles. The van der Waals surface area contributed by atoms with Crippen LogP contribution in [0.3, 0.4) is 0 Å². The minimum Gasteiger partial charge on any atom is -0.299 e. The lowest BCUT2D eigenvalue weighted by Gasteiger charge is -2.31. The average Bonchev–Trinajstić information content (AvgIpc) is 2.19. The molecule has 1 nitrogen and oxygen atoms in total. The third kappa shape index (κ3) is 3.69. The van der Waals surface area contributed by atoms with E-state index in [1.54, 1.807) is 0 Å². The fourth-order valence-corrected chi connectivity index (χ4v) is 2.32. The van der Waals surface area contributed by atoms with Gasteiger partial charge in [0.1, 0.15) is 0 Å². The van der Waals surface area contributed by atoms with E-state index in [2.05, 4.69) is 24.6 Å². The van der Waals surface area contributed by atoms with E-state index in [-0.39, 0.29) is 0 Å². The molecular weight excluding hydrogens is 170 g/mol. The standard InChI is InChI=1S/C13H23N/c1-4-8-12(2)11-14(3)13-9-6-5-7-10-13/h4,13H,5-7,9-11H2,1-3H3. The van der Waals surface area contributed by atoms with Gasteiger partial charge in [0.25, 0.3) is 0 Å².